The minimum atomic E-state index is -0.0986. The van der Waals surface area contributed by atoms with Crippen molar-refractivity contribution in [3.63, 3.8) is 0 Å². The van der Waals surface area contributed by atoms with Crippen LogP contribution < -0.4 is 14.8 Å². The number of rotatable bonds is 8. The van der Waals surface area contributed by atoms with Gasteiger partial charge in [0.1, 0.15) is 5.69 Å². The molecule has 30 heavy (non-hydrogen) atoms. The molecule has 1 aliphatic rings. The van der Waals surface area contributed by atoms with Crippen LogP contribution in [-0.4, -0.2) is 35.9 Å². The van der Waals surface area contributed by atoms with Gasteiger partial charge in [0.15, 0.2) is 11.5 Å². The number of benzene rings is 2. The molecule has 1 atom stereocenters. The normalized spacial score (nSPS) is 14.2. The number of nitrogens with zero attached hydrogens (tertiary/aromatic N) is 2. The summed E-state index contributed by atoms with van der Waals surface area (Å²) >= 11 is 0. The fourth-order valence-corrected chi connectivity index (χ4v) is 3.63. The van der Waals surface area contributed by atoms with Crippen LogP contribution in [0.5, 0.6) is 11.5 Å². The van der Waals surface area contributed by atoms with Crippen LogP contribution in [0, 0.1) is 5.92 Å². The Morgan fingerprint density at radius 1 is 1.13 bits per heavy atom. The molecule has 1 amide bonds. The van der Waals surface area contributed by atoms with E-state index in [2.05, 4.69) is 12.2 Å². The molecular weight excluding hydrogens is 378 g/mol. The van der Waals surface area contributed by atoms with E-state index in [0.29, 0.717) is 35.2 Å². The second-order valence-corrected chi connectivity index (χ2v) is 7.74. The Morgan fingerprint density at radius 2 is 1.87 bits per heavy atom. The van der Waals surface area contributed by atoms with Gasteiger partial charge in [-0.15, -0.1) is 0 Å². The van der Waals surface area contributed by atoms with Gasteiger partial charge in [-0.25, -0.2) is 0 Å². The summed E-state index contributed by atoms with van der Waals surface area (Å²) in [6, 6.07) is 15.8. The van der Waals surface area contributed by atoms with Gasteiger partial charge in [0.05, 0.1) is 26.3 Å². The molecule has 1 aliphatic carbocycles. The molecule has 0 bridgehead atoms. The van der Waals surface area contributed by atoms with Crippen molar-refractivity contribution in [2.24, 2.45) is 5.92 Å². The highest BCUT2D eigenvalue weighted by Gasteiger charge is 2.30. The van der Waals surface area contributed by atoms with Gasteiger partial charge in [0, 0.05) is 17.8 Å². The number of carbonyl (C=O) groups is 1. The maximum Gasteiger partial charge on any atom is 0.255 e. The molecule has 1 saturated carbocycles. The van der Waals surface area contributed by atoms with Crippen LogP contribution in [0.1, 0.15) is 35.7 Å². The smallest absolute Gasteiger partial charge is 0.255 e. The summed E-state index contributed by atoms with van der Waals surface area (Å²) in [7, 11) is 3.20. The van der Waals surface area contributed by atoms with E-state index in [1.165, 1.54) is 12.8 Å². The molecule has 1 fully saturated rings. The van der Waals surface area contributed by atoms with Gasteiger partial charge < -0.3 is 14.8 Å². The lowest BCUT2D eigenvalue weighted by Gasteiger charge is -2.13. The zero-order valence-electron chi connectivity index (χ0n) is 17.6. The van der Waals surface area contributed by atoms with Crippen molar-refractivity contribution in [3.05, 3.63) is 65.9 Å². The van der Waals surface area contributed by atoms with E-state index < -0.39 is 0 Å². The second-order valence-electron chi connectivity index (χ2n) is 7.74. The Balaban J connectivity index is 1.70. The van der Waals surface area contributed by atoms with Crippen LogP contribution in [0.3, 0.4) is 0 Å². The fraction of sp³-hybridized carbons (Fsp3) is 0.333. The molecule has 1 heterocycles. The third kappa shape index (κ3) is 4.32. The summed E-state index contributed by atoms with van der Waals surface area (Å²) in [4.78, 5) is 13.1. The molecule has 1 aromatic heterocycles. The Morgan fingerprint density at radius 3 is 2.53 bits per heavy atom. The highest BCUT2D eigenvalue weighted by Crippen LogP contribution is 2.34. The van der Waals surface area contributed by atoms with Gasteiger partial charge in [-0.05, 0) is 49.4 Å². The molecule has 2 aromatic carbocycles. The lowest BCUT2D eigenvalue weighted by Crippen LogP contribution is -2.34. The standard InChI is InChI=1S/C24H27N3O3/c1-16(18-9-10-18)25-24(28)20-15-27(14-17-7-5-4-6-8-17)26-23(20)19-11-12-21(29-2)22(13-19)30-3/h4-8,11-13,15-16,18H,9-10,14H2,1-3H3,(H,25,28)/t16-/m1/s1. The Labute approximate surface area is 176 Å². The second kappa shape index (κ2) is 8.61. The largest absolute Gasteiger partial charge is 0.493 e. The van der Waals surface area contributed by atoms with E-state index in [1.54, 1.807) is 14.2 Å². The van der Waals surface area contributed by atoms with E-state index in [9.17, 15) is 4.79 Å². The van der Waals surface area contributed by atoms with Crippen molar-refractivity contribution in [1.29, 1.82) is 0 Å². The minimum Gasteiger partial charge on any atom is -0.493 e. The molecule has 4 rings (SSSR count). The molecular formula is C24H27N3O3. The van der Waals surface area contributed by atoms with Crippen molar-refractivity contribution >= 4 is 5.91 Å². The van der Waals surface area contributed by atoms with Crippen LogP contribution in [0.15, 0.2) is 54.7 Å². The Hall–Kier alpha value is -3.28. The van der Waals surface area contributed by atoms with Gasteiger partial charge in [-0.2, -0.15) is 5.10 Å². The predicted octanol–water partition coefficient (Wildman–Crippen LogP) is 4.14. The maximum absolute atomic E-state index is 13.1. The average Bonchev–Trinajstić information content (AvgIpc) is 3.54. The number of amides is 1. The van der Waals surface area contributed by atoms with Crippen LogP contribution in [0.25, 0.3) is 11.3 Å². The van der Waals surface area contributed by atoms with Crippen LogP contribution in [0.4, 0.5) is 0 Å². The van der Waals surface area contributed by atoms with Crippen molar-refractivity contribution in [1.82, 2.24) is 15.1 Å². The molecule has 3 aromatic rings. The van der Waals surface area contributed by atoms with Crippen molar-refractivity contribution in [2.45, 2.75) is 32.4 Å². The summed E-state index contributed by atoms with van der Waals surface area (Å²) in [5.74, 6) is 1.72. The van der Waals surface area contributed by atoms with Crippen LogP contribution >= 0.6 is 0 Å². The molecule has 0 aliphatic heterocycles. The van der Waals surface area contributed by atoms with E-state index in [-0.39, 0.29) is 11.9 Å². The number of methoxy groups -OCH3 is 2. The van der Waals surface area contributed by atoms with E-state index in [0.717, 1.165) is 11.1 Å². The monoisotopic (exact) mass is 405 g/mol. The summed E-state index contributed by atoms with van der Waals surface area (Å²) in [6.07, 6.45) is 4.18. The van der Waals surface area contributed by atoms with Gasteiger partial charge in [-0.1, -0.05) is 30.3 Å². The number of hydrogen-bond acceptors (Lipinski definition) is 4. The number of aromatic nitrogens is 2. The molecule has 6 heteroatoms. The van der Waals surface area contributed by atoms with E-state index in [1.807, 2.05) is 59.4 Å². The fourth-order valence-electron chi connectivity index (χ4n) is 3.63. The third-order valence-corrected chi connectivity index (χ3v) is 5.54. The first-order chi connectivity index (χ1) is 14.6. The minimum absolute atomic E-state index is 0.0986. The quantitative estimate of drug-likeness (QED) is 0.612. The van der Waals surface area contributed by atoms with Crippen LogP contribution in [-0.2, 0) is 6.54 Å². The molecule has 0 unspecified atom stereocenters. The lowest BCUT2D eigenvalue weighted by molar-refractivity contribution is 0.0936. The van der Waals surface area contributed by atoms with Crippen molar-refractivity contribution in [3.8, 4) is 22.8 Å². The molecule has 0 spiro atoms. The summed E-state index contributed by atoms with van der Waals surface area (Å²) in [5.41, 5.74) is 3.12. The first kappa shape index (κ1) is 20.0. The molecule has 0 saturated heterocycles. The van der Waals surface area contributed by atoms with Crippen molar-refractivity contribution < 1.29 is 14.3 Å². The summed E-state index contributed by atoms with van der Waals surface area (Å²) < 4.78 is 12.6. The lowest BCUT2D eigenvalue weighted by atomic mass is 10.1. The molecule has 6 nitrogen and oxygen atoms in total. The van der Waals surface area contributed by atoms with Gasteiger partial charge in [0.25, 0.3) is 5.91 Å². The van der Waals surface area contributed by atoms with Crippen molar-refractivity contribution in [2.75, 3.05) is 14.2 Å². The first-order valence-corrected chi connectivity index (χ1v) is 10.2. The predicted molar refractivity (Wildman–Crippen MR) is 116 cm³/mol. The van der Waals surface area contributed by atoms with Crippen LogP contribution in [0.2, 0.25) is 0 Å². The molecule has 156 valence electrons. The average molecular weight is 405 g/mol. The number of hydrogen-bond donors (Lipinski definition) is 1. The molecule has 1 N–H and O–H groups in total. The Kier molecular flexibility index (Phi) is 5.74. The zero-order chi connectivity index (χ0) is 21.1. The summed E-state index contributed by atoms with van der Waals surface area (Å²) in [6.45, 7) is 2.66. The SMILES string of the molecule is COc1ccc(-c2nn(Cc3ccccc3)cc2C(=O)N[C@H](C)C2CC2)cc1OC. The number of ether oxygens (including phenoxy) is 2. The van der Waals surface area contributed by atoms with E-state index >= 15 is 0 Å². The Bertz CT molecular complexity index is 1030. The highest BCUT2D eigenvalue weighted by molar-refractivity contribution is 6.00. The maximum atomic E-state index is 13.1. The van der Waals surface area contributed by atoms with Gasteiger partial charge in [0.2, 0.25) is 0 Å². The van der Waals surface area contributed by atoms with Gasteiger partial charge in [-0.3, -0.25) is 9.48 Å². The van der Waals surface area contributed by atoms with Gasteiger partial charge >= 0.3 is 0 Å². The summed E-state index contributed by atoms with van der Waals surface area (Å²) in [5, 5.41) is 7.90. The first-order valence-electron chi connectivity index (χ1n) is 10.2. The highest BCUT2D eigenvalue weighted by atomic mass is 16.5. The topological polar surface area (TPSA) is 65.4 Å². The number of nitrogens with one attached hydrogen (secondary N) is 1. The van der Waals surface area contributed by atoms with E-state index in [4.69, 9.17) is 14.6 Å². The number of carbonyl (C=O) groups excluding carboxylic acids is 1. The third-order valence-electron chi connectivity index (χ3n) is 5.54. The zero-order valence-corrected chi connectivity index (χ0v) is 17.6. The molecule has 0 radical (unpaired) electrons.